The maximum absolute atomic E-state index is 8.82. The highest BCUT2D eigenvalue weighted by molar-refractivity contribution is 7.22. The SMILES string of the molecule is CC(CCO)CNc1nc2ccc(N)cc2s1. The van der Waals surface area contributed by atoms with E-state index >= 15 is 0 Å². The van der Waals surface area contributed by atoms with E-state index in [1.165, 1.54) is 0 Å². The second-order valence-corrected chi connectivity index (χ2v) is 5.28. The number of nitrogens with zero attached hydrogens (tertiary/aromatic N) is 1. The van der Waals surface area contributed by atoms with Crippen molar-refractivity contribution in [2.75, 3.05) is 24.2 Å². The fourth-order valence-corrected chi connectivity index (χ4v) is 2.52. The fraction of sp³-hybridized carbons (Fsp3) is 0.417. The zero-order chi connectivity index (χ0) is 12.3. The molecule has 2 rings (SSSR count). The Bertz CT molecular complexity index is 497. The molecule has 0 amide bonds. The van der Waals surface area contributed by atoms with Crippen molar-refractivity contribution in [2.45, 2.75) is 13.3 Å². The van der Waals surface area contributed by atoms with E-state index in [1.54, 1.807) is 11.3 Å². The lowest BCUT2D eigenvalue weighted by atomic mass is 10.1. The first-order valence-electron chi connectivity index (χ1n) is 5.70. The summed E-state index contributed by atoms with van der Waals surface area (Å²) in [7, 11) is 0. The Labute approximate surface area is 104 Å². The van der Waals surface area contributed by atoms with Crippen LogP contribution < -0.4 is 11.1 Å². The number of hydrogen-bond acceptors (Lipinski definition) is 5. The van der Waals surface area contributed by atoms with Crippen LogP contribution in [0.5, 0.6) is 0 Å². The van der Waals surface area contributed by atoms with Gasteiger partial charge < -0.3 is 16.2 Å². The van der Waals surface area contributed by atoms with Crippen molar-refractivity contribution >= 4 is 32.4 Å². The fourth-order valence-electron chi connectivity index (χ4n) is 1.60. The van der Waals surface area contributed by atoms with Gasteiger partial charge in [0.1, 0.15) is 0 Å². The maximum Gasteiger partial charge on any atom is 0.183 e. The van der Waals surface area contributed by atoms with E-state index in [1.807, 2.05) is 18.2 Å². The quantitative estimate of drug-likeness (QED) is 0.713. The summed E-state index contributed by atoms with van der Waals surface area (Å²) in [5.74, 6) is 0.442. The van der Waals surface area contributed by atoms with Crippen LogP contribution in [-0.4, -0.2) is 23.2 Å². The van der Waals surface area contributed by atoms with E-state index in [2.05, 4.69) is 17.2 Å². The van der Waals surface area contributed by atoms with Crippen LogP contribution in [0.3, 0.4) is 0 Å². The molecule has 0 radical (unpaired) electrons. The van der Waals surface area contributed by atoms with Crippen LogP contribution in [0.4, 0.5) is 10.8 Å². The molecule has 0 aliphatic carbocycles. The molecule has 0 fully saturated rings. The summed E-state index contributed by atoms with van der Waals surface area (Å²) in [6.45, 7) is 3.17. The largest absolute Gasteiger partial charge is 0.399 e. The molecule has 5 heteroatoms. The maximum atomic E-state index is 8.82. The average Bonchev–Trinajstić information content (AvgIpc) is 2.68. The van der Waals surface area contributed by atoms with Gasteiger partial charge in [0.15, 0.2) is 5.13 Å². The number of nitrogens with two attached hydrogens (primary N) is 1. The number of anilines is 2. The van der Waals surface area contributed by atoms with Gasteiger partial charge in [-0.3, -0.25) is 0 Å². The molecule has 0 bridgehead atoms. The van der Waals surface area contributed by atoms with Gasteiger partial charge in [-0.05, 0) is 30.5 Å². The van der Waals surface area contributed by atoms with Gasteiger partial charge in [-0.1, -0.05) is 18.3 Å². The van der Waals surface area contributed by atoms with Crippen LogP contribution in [0.15, 0.2) is 18.2 Å². The van der Waals surface area contributed by atoms with E-state index < -0.39 is 0 Å². The first kappa shape index (κ1) is 12.1. The molecule has 92 valence electrons. The summed E-state index contributed by atoms with van der Waals surface area (Å²) < 4.78 is 1.10. The highest BCUT2D eigenvalue weighted by Crippen LogP contribution is 2.27. The molecule has 2 aromatic rings. The normalized spacial score (nSPS) is 12.8. The van der Waals surface area contributed by atoms with Crippen molar-refractivity contribution in [1.29, 1.82) is 0 Å². The monoisotopic (exact) mass is 251 g/mol. The number of rotatable bonds is 5. The van der Waals surface area contributed by atoms with Crippen LogP contribution in [-0.2, 0) is 0 Å². The lowest BCUT2D eigenvalue weighted by Gasteiger charge is -2.09. The summed E-state index contributed by atoms with van der Waals surface area (Å²) >= 11 is 1.61. The molecule has 1 aromatic heterocycles. The molecular weight excluding hydrogens is 234 g/mol. The number of aromatic nitrogens is 1. The van der Waals surface area contributed by atoms with E-state index in [0.717, 1.165) is 34.0 Å². The predicted octanol–water partition coefficient (Wildman–Crippen LogP) is 2.31. The molecule has 1 atom stereocenters. The number of benzene rings is 1. The van der Waals surface area contributed by atoms with E-state index in [9.17, 15) is 0 Å². The lowest BCUT2D eigenvalue weighted by molar-refractivity contribution is 0.266. The van der Waals surface area contributed by atoms with Crippen LogP contribution >= 0.6 is 11.3 Å². The van der Waals surface area contributed by atoms with Crippen LogP contribution in [0.1, 0.15) is 13.3 Å². The summed E-state index contributed by atoms with van der Waals surface area (Å²) in [6, 6.07) is 5.74. The Hall–Kier alpha value is -1.33. The van der Waals surface area contributed by atoms with Crippen molar-refractivity contribution in [3.8, 4) is 0 Å². The van der Waals surface area contributed by atoms with Gasteiger partial charge in [-0.2, -0.15) is 0 Å². The van der Waals surface area contributed by atoms with Gasteiger partial charge in [0.2, 0.25) is 0 Å². The Morgan fingerprint density at radius 1 is 1.53 bits per heavy atom. The van der Waals surface area contributed by atoms with Crippen molar-refractivity contribution < 1.29 is 5.11 Å². The minimum atomic E-state index is 0.235. The second-order valence-electron chi connectivity index (χ2n) is 4.24. The smallest absolute Gasteiger partial charge is 0.183 e. The van der Waals surface area contributed by atoms with E-state index in [-0.39, 0.29) is 6.61 Å². The van der Waals surface area contributed by atoms with Gasteiger partial charge in [0.05, 0.1) is 10.2 Å². The Morgan fingerprint density at radius 2 is 2.35 bits per heavy atom. The molecule has 0 saturated heterocycles. The van der Waals surface area contributed by atoms with Crippen molar-refractivity contribution in [3.05, 3.63) is 18.2 Å². The molecule has 0 saturated carbocycles. The minimum absolute atomic E-state index is 0.235. The number of nitrogens with one attached hydrogen (secondary N) is 1. The van der Waals surface area contributed by atoms with Gasteiger partial charge in [0, 0.05) is 18.8 Å². The lowest BCUT2D eigenvalue weighted by Crippen LogP contribution is -2.12. The van der Waals surface area contributed by atoms with Crippen LogP contribution in [0, 0.1) is 5.92 Å². The van der Waals surface area contributed by atoms with Gasteiger partial charge in [-0.25, -0.2) is 4.98 Å². The summed E-state index contributed by atoms with van der Waals surface area (Å²) in [5.41, 5.74) is 7.46. The summed E-state index contributed by atoms with van der Waals surface area (Å²) in [6.07, 6.45) is 0.810. The topological polar surface area (TPSA) is 71.2 Å². The Kier molecular flexibility index (Phi) is 3.81. The van der Waals surface area contributed by atoms with Gasteiger partial charge in [0.25, 0.3) is 0 Å². The second kappa shape index (κ2) is 5.33. The molecule has 0 spiro atoms. The molecule has 0 aliphatic rings. The molecule has 0 aliphatic heterocycles. The first-order chi connectivity index (χ1) is 8.19. The minimum Gasteiger partial charge on any atom is -0.399 e. The standard InChI is InChI=1S/C12H17N3OS/c1-8(4-5-16)7-14-12-15-10-3-2-9(13)6-11(10)17-12/h2-3,6,8,16H,4-5,7,13H2,1H3,(H,14,15). The number of hydrogen-bond donors (Lipinski definition) is 3. The predicted molar refractivity (Wildman–Crippen MR) is 73.4 cm³/mol. The third-order valence-electron chi connectivity index (χ3n) is 2.64. The molecule has 1 unspecified atom stereocenters. The number of fused-ring (bicyclic) bond motifs is 1. The van der Waals surface area contributed by atoms with Crippen molar-refractivity contribution in [3.63, 3.8) is 0 Å². The highest BCUT2D eigenvalue weighted by Gasteiger charge is 2.05. The van der Waals surface area contributed by atoms with Crippen molar-refractivity contribution in [1.82, 2.24) is 4.98 Å². The van der Waals surface area contributed by atoms with Crippen LogP contribution in [0.2, 0.25) is 0 Å². The van der Waals surface area contributed by atoms with Crippen LogP contribution in [0.25, 0.3) is 10.2 Å². The first-order valence-corrected chi connectivity index (χ1v) is 6.51. The molecular formula is C12H17N3OS. The third kappa shape index (κ3) is 3.08. The summed E-state index contributed by atoms with van der Waals surface area (Å²) in [4.78, 5) is 4.48. The third-order valence-corrected chi connectivity index (χ3v) is 3.61. The molecule has 1 heterocycles. The zero-order valence-electron chi connectivity index (χ0n) is 9.81. The van der Waals surface area contributed by atoms with E-state index in [0.29, 0.717) is 5.92 Å². The zero-order valence-corrected chi connectivity index (χ0v) is 10.6. The molecule has 17 heavy (non-hydrogen) atoms. The average molecular weight is 251 g/mol. The Balaban J connectivity index is 2.04. The van der Waals surface area contributed by atoms with E-state index in [4.69, 9.17) is 10.8 Å². The van der Waals surface area contributed by atoms with Gasteiger partial charge in [-0.15, -0.1) is 0 Å². The number of aliphatic hydroxyl groups is 1. The Morgan fingerprint density at radius 3 is 3.12 bits per heavy atom. The highest BCUT2D eigenvalue weighted by atomic mass is 32.1. The number of nitrogen functional groups attached to an aromatic ring is 1. The molecule has 4 nitrogen and oxygen atoms in total. The number of thiazole rings is 1. The number of aliphatic hydroxyl groups excluding tert-OH is 1. The molecule has 1 aromatic carbocycles. The molecule has 4 N–H and O–H groups in total. The van der Waals surface area contributed by atoms with Gasteiger partial charge >= 0.3 is 0 Å². The van der Waals surface area contributed by atoms with Crippen molar-refractivity contribution in [2.24, 2.45) is 5.92 Å². The summed E-state index contributed by atoms with van der Waals surface area (Å²) in [5, 5.41) is 13.0.